The number of hydrogen-bond donors (Lipinski definition) is 2. The van der Waals surface area contributed by atoms with Crippen molar-refractivity contribution in [2.24, 2.45) is 0 Å². The number of hydrogen-bond acceptors (Lipinski definition) is 2. The Hall–Kier alpha value is -0.970. The molecule has 0 aromatic heterocycles. The Bertz CT molecular complexity index is 455. The van der Waals surface area contributed by atoms with Gasteiger partial charge in [0.15, 0.2) is 0 Å². The predicted molar refractivity (Wildman–Crippen MR) is 82.2 cm³/mol. The minimum absolute atomic E-state index is 0.0203. The van der Waals surface area contributed by atoms with Gasteiger partial charge in [-0.15, -0.1) is 0 Å². The van der Waals surface area contributed by atoms with Gasteiger partial charge in [-0.1, -0.05) is 35.3 Å². The molecular weight excluding hydrogens is 299 g/mol. The molecule has 1 unspecified atom stereocenters. The number of carbonyl (C=O) groups is 1. The third-order valence-corrected chi connectivity index (χ3v) is 3.81. The molecule has 0 saturated carbocycles. The van der Waals surface area contributed by atoms with Gasteiger partial charge in [-0.3, -0.25) is 0 Å². The molecule has 0 aliphatic carbocycles. The van der Waals surface area contributed by atoms with Gasteiger partial charge >= 0.3 is 6.03 Å². The van der Waals surface area contributed by atoms with Crippen molar-refractivity contribution in [1.82, 2.24) is 10.2 Å². The van der Waals surface area contributed by atoms with Crippen LogP contribution in [0.15, 0.2) is 18.2 Å². The fraction of sp³-hybridized carbons (Fsp3) is 0.500. The van der Waals surface area contributed by atoms with E-state index in [0.29, 0.717) is 23.0 Å². The molecule has 20 heavy (non-hydrogen) atoms. The Morgan fingerprint density at radius 3 is 2.80 bits per heavy atom. The fourth-order valence-electron chi connectivity index (χ4n) is 1.79. The summed E-state index contributed by atoms with van der Waals surface area (Å²) in [6.45, 7) is 2.43. The molecule has 1 aromatic rings. The standard InChI is InChI=1S/C14H20Cl2N2O2/c1-10(5-4-8-19)17-14(20)18(2)9-11-6-3-7-12(15)13(11)16/h3,6-7,10,19H,4-5,8-9H2,1-2H3,(H,17,20). The van der Waals surface area contributed by atoms with Crippen LogP contribution >= 0.6 is 23.2 Å². The molecule has 0 aliphatic heterocycles. The second kappa shape index (κ2) is 8.35. The predicted octanol–water partition coefficient (Wildman–Crippen LogP) is 3.30. The van der Waals surface area contributed by atoms with Gasteiger partial charge in [-0.25, -0.2) is 4.79 Å². The van der Waals surface area contributed by atoms with Crippen LogP contribution in [0.3, 0.4) is 0 Å². The normalized spacial score (nSPS) is 12.1. The molecule has 0 fully saturated rings. The molecular formula is C14H20Cl2N2O2. The topological polar surface area (TPSA) is 52.6 Å². The number of rotatable bonds is 6. The lowest BCUT2D eigenvalue weighted by atomic mass is 10.2. The zero-order chi connectivity index (χ0) is 15.1. The van der Waals surface area contributed by atoms with Crippen LogP contribution in [0, 0.1) is 0 Å². The van der Waals surface area contributed by atoms with Crippen molar-refractivity contribution in [2.45, 2.75) is 32.4 Å². The van der Waals surface area contributed by atoms with Crippen molar-refractivity contribution in [3.8, 4) is 0 Å². The lowest BCUT2D eigenvalue weighted by Crippen LogP contribution is -2.41. The van der Waals surface area contributed by atoms with Gasteiger partial charge in [-0.05, 0) is 31.4 Å². The molecule has 0 spiro atoms. The van der Waals surface area contributed by atoms with E-state index in [1.54, 1.807) is 24.1 Å². The van der Waals surface area contributed by atoms with E-state index in [-0.39, 0.29) is 18.7 Å². The van der Waals surface area contributed by atoms with Crippen molar-refractivity contribution in [2.75, 3.05) is 13.7 Å². The first-order chi connectivity index (χ1) is 9.45. The minimum atomic E-state index is -0.175. The highest BCUT2D eigenvalue weighted by Crippen LogP contribution is 2.26. The summed E-state index contributed by atoms with van der Waals surface area (Å²) in [5, 5.41) is 12.6. The van der Waals surface area contributed by atoms with Crippen LogP contribution in [0.1, 0.15) is 25.3 Å². The minimum Gasteiger partial charge on any atom is -0.396 e. The highest BCUT2D eigenvalue weighted by atomic mass is 35.5. The van der Waals surface area contributed by atoms with Gasteiger partial charge in [-0.2, -0.15) is 0 Å². The van der Waals surface area contributed by atoms with E-state index >= 15 is 0 Å². The number of nitrogens with one attached hydrogen (secondary N) is 1. The molecule has 0 saturated heterocycles. The molecule has 0 aliphatic rings. The summed E-state index contributed by atoms with van der Waals surface area (Å²) in [6.07, 6.45) is 1.42. The molecule has 1 aromatic carbocycles. The van der Waals surface area contributed by atoms with E-state index in [0.717, 1.165) is 12.0 Å². The van der Waals surface area contributed by atoms with Gasteiger partial charge in [0, 0.05) is 26.2 Å². The quantitative estimate of drug-likeness (QED) is 0.845. The molecule has 0 heterocycles. The van der Waals surface area contributed by atoms with E-state index in [2.05, 4.69) is 5.32 Å². The number of carbonyl (C=O) groups excluding carboxylic acids is 1. The van der Waals surface area contributed by atoms with Gasteiger partial charge in [0.05, 0.1) is 10.0 Å². The van der Waals surface area contributed by atoms with Gasteiger partial charge < -0.3 is 15.3 Å². The summed E-state index contributed by atoms with van der Waals surface area (Å²) in [5.41, 5.74) is 0.805. The number of aliphatic hydroxyl groups excluding tert-OH is 1. The Morgan fingerprint density at radius 1 is 1.45 bits per heavy atom. The van der Waals surface area contributed by atoms with Crippen LogP contribution in [0.5, 0.6) is 0 Å². The maximum Gasteiger partial charge on any atom is 0.317 e. The van der Waals surface area contributed by atoms with Crippen molar-refractivity contribution >= 4 is 29.2 Å². The summed E-state index contributed by atoms with van der Waals surface area (Å²) in [4.78, 5) is 13.5. The van der Waals surface area contributed by atoms with E-state index in [9.17, 15) is 4.79 Å². The number of urea groups is 1. The molecule has 0 radical (unpaired) electrons. The van der Waals surface area contributed by atoms with Crippen LogP contribution < -0.4 is 5.32 Å². The van der Waals surface area contributed by atoms with E-state index < -0.39 is 0 Å². The SMILES string of the molecule is CC(CCCO)NC(=O)N(C)Cc1cccc(Cl)c1Cl. The number of aliphatic hydroxyl groups is 1. The average Bonchev–Trinajstić information content (AvgIpc) is 2.41. The van der Waals surface area contributed by atoms with Crippen LogP contribution in [0.25, 0.3) is 0 Å². The largest absolute Gasteiger partial charge is 0.396 e. The number of benzene rings is 1. The van der Waals surface area contributed by atoms with Gasteiger partial charge in [0.1, 0.15) is 0 Å². The molecule has 1 rings (SSSR count). The third-order valence-electron chi connectivity index (χ3n) is 2.95. The molecule has 4 nitrogen and oxygen atoms in total. The summed E-state index contributed by atoms with van der Waals surface area (Å²) in [5.74, 6) is 0. The zero-order valence-corrected chi connectivity index (χ0v) is 13.2. The molecule has 2 N–H and O–H groups in total. The van der Waals surface area contributed by atoms with Crippen molar-refractivity contribution in [3.05, 3.63) is 33.8 Å². The first-order valence-corrected chi connectivity index (χ1v) is 7.26. The Labute approximate surface area is 129 Å². The number of nitrogens with zero attached hydrogens (tertiary/aromatic N) is 1. The van der Waals surface area contributed by atoms with E-state index in [1.807, 2.05) is 13.0 Å². The van der Waals surface area contributed by atoms with Crippen LogP contribution in [-0.4, -0.2) is 35.7 Å². The molecule has 2 amide bonds. The van der Waals surface area contributed by atoms with Gasteiger partial charge in [0.25, 0.3) is 0 Å². The highest BCUT2D eigenvalue weighted by molar-refractivity contribution is 6.42. The van der Waals surface area contributed by atoms with Crippen LogP contribution in [0.2, 0.25) is 10.0 Å². The summed E-state index contributed by atoms with van der Waals surface area (Å²) >= 11 is 12.0. The maximum absolute atomic E-state index is 12.0. The summed E-state index contributed by atoms with van der Waals surface area (Å²) in [6, 6.07) is 5.20. The van der Waals surface area contributed by atoms with Crippen molar-refractivity contribution in [3.63, 3.8) is 0 Å². The lowest BCUT2D eigenvalue weighted by molar-refractivity contribution is 0.201. The molecule has 0 bridgehead atoms. The highest BCUT2D eigenvalue weighted by Gasteiger charge is 2.14. The monoisotopic (exact) mass is 318 g/mol. The number of halogens is 2. The van der Waals surface area contributed by atoms with Crippen molar-refractivity contribution in [1.29, 1.82) is 0 Å². The summed E-state index contributed by atoms with van der Waals surface area (Å²) < 4.78 is 0. The number of amides is 2. The zero-order valence-electron chi connectivity index (χ0n) is 11.7. The average molecular weight is 319 g/mol. The van der Waals surface area contributed by atoms with Crippen LogP contribution in [0.4, 0.5) is 4.79 Å². The Kier molecular flexibility index (Phi) is 7.13. The first-order valence-electron chi connectivity index (χ1n) is 6.51. The second-order valence-corrected chi connectivity index (χ2v) is 5.57. The van der Waals surface area contributed by atoms with E-state index in [1.165, 1.54) is 0 Å². The smallest absolute Gasteiger partial charge is 0.317 e. The summed E-state index contributed by atoms with van der Waals surface area (Å²) in [7, 11) is 1.70. The molecule has 1 atom stereocenters. The molecule has 112 valence electrons. The van der Waals surface area contributed by atoms with Gasteiger partial charge in [0.2, 0.25) is 0 Å². The van der Waals surface area contributed by atoms with Crippen molar-refractivity contribution < 1.29 is 9.90 Å². The van der Waals surface area contributed by atoms with Crippen LogP contribution in [-0.2, 0) is 6.54 Å². The third kappa shape index (κ3) is 5.19. The maximum atomic E-state index is 12.0. The second-order valence-electron chi connectivity index (χ2n) is 4.79. The van der Waals surface area contributed by atoms with E-state index in [4.69, 9.17) is 28.3 Å². The fourth-order valence-corrected chi connectivity index (χ4v) is 2.17. The lowest BCUT2D eigenvalue weighted by Gasteiger charge is -2.22. The Balaban J connectivity index is 2.55. The Morgan fingerprint density at radius 2 is 2.15 bits per heavy atom. The molecule has 6 heteroatoms. The first kappa shape index (κ1) is 17.1.